The van der Waals surface area contributed by atoms with E-state index in [0.717, 1.165) is 0 Å². The lowest BCUT2D eigenvalue weighted by Crippen LogP contribution is -2.07. The summed E-state index contributed by atoms with van der Waals surface area (Å²) in [7, 11) is 0. The van der Waals surface area contributed by atoms with Crippen molar-refractivity contribution >= 4 is 5.78 Å². The van der Waals surface area contributed by atoms with Crippen LogP contribution in [0.4, 0.5) is 0 Å². The minimum atomic E-state index is 0.101. The molecular weight excluding hydrogens is 178 g/mol. The second-order valence-electron chi connectivity index (χ2n) is 3.78. The third-order valence-corrected chi connectivity index (χ3v) is 1.87. The first-order valence-electron chi connectivity index (χ1n) is 4.74. The maximum Gasteiger partial charge on any atom is 0.139 e. The first kappa shape index (κ1) is 10.7. The summed E-state index contributed by atoms with van der Waals surface area (Å²) in [5, 5.41) is 9.38. The van der Waals surface area contributed by atoms with E-state index in [1.165, 1.54) is 0 Å². The van der Waals surface area contributed by atoms with Gasteiger partial charge in [-0.15, -0.1) is 0 Å². The minimum absolute atomic E-state index is 0.101. The standard InChI is InChI=1S/C11H15NO2/c1-8(2)6-9(13)7-10-11(14)4-3-5-12-10/h3-5,8,14H,6-7H2,1-2H3. The van der Waals surface area contributed by atoms with Crippen molar-refractivity contribution in [3.05, 3.63) is 24.0 Å². The Morgan fingerprint density at radius 2 is 2.29 bits per heavy atom. The molecule has 3 heteroatoms. The summed E-state index contributed by atoms with van der Waals surface area (Å²) in [5.41, 5.74) is 0.471. The Hall–Kier alpha value is -1.38. The largest absolute Gasteiger partial charge is 0.506 e. The fraction of sp³-hybridized carbons (Fsp3) is 0.455. The van der Waals surface area contributed by atoms with Crippen LogP contribution >= 0.6 is 0 Å². The average Bonchev–Trinajstić information content (AvgIpc) is 2.07. The highest BCUT2D eigenvalue weighted by Gasteiger charge is 2.09. The third-order valence-electron chi connectivity index (χ3n) is 1.87. The van der Waals surface area contributed by atoms with Crippen LogP contribution < -0.4 is 0 Å². The number of rotatable bonds is 4. The second kappa shape index (κ2) is 4.74. The molecule has 76 valence electrons. The molecule has 0 amide bonds. The lowest BCUT2D eigenvalue weighted by molar-refractivity contribution is -0.119. The van der Waals surface area contributed by atoms with Gasteiger partial charge in [0, 0.05) is 12.6 Å². The molecule has 0 spiro atoms. The molecule has 0 fully saturated rings. The fourth-order valence-electron chi connectivity index (χ4n) is 1.28. The summed E-state index contributed by atoms with van der Waals surface area (Å²) >= 11 is 0. The van der Waals surface area contributed by atoms with Gasteiger partial charge in [-0.1, -0.05) is 13.8 Å². The van der Waals surface area contributed by atoms with Gasteiger partial charge in [-0.25, -0.2) is 0 Å². The van der Waals surface area contributed by atoms with E-state index in [4.69, 9.17) is 0 Å². The van der Waals surface area contributed by atoms with Crippen molar-refractivity contribution in [3.63, 3.8) is 0 Å². The highest BCUT2D eigenvalue weighted by atomic mass is 16.3. The van der Waals surface area contributed by atoms with E-state index in [2.05, 4.69) is 4.98 Å². The molecule has 0 atom stereocenters. The topological polar surface area (TPSA) is 50.2 Å². The monoisotopic (exact) mass is 193 g/mol. The van der Waals surface area contributed by atoms with Crippen molar-refractivity contribution in [2.75, 3.05) is 0 Å². The Balaban J connectivity index is 2.61. The van der Waals surface area contributed by atoms with Gasteiger partial charge in [0.1, 0.15) is 11.5 Å². The van der Waals surface area contributed by atoms with Gasteiger partial charge in [0.2, 0.25) is 0 Å². The fourth-order valence-corrected chi connectivity index (χ4v) is 1.28. The van der Waals surface area contributed by atoms with Crippen LogP contribution in [0.2, 0.25) is 0 Å². The number of carbonyl (C=O) groups is 1. The predicted molar refractivity (Wildman–Crippen MR) is 54.1 cm³/mol. The molecule has 14 heavy (non-hydrogen) atoms. The van der Waals surface area contributed by atoms with Gasteiger partial charge in [-0.05, 0) is 18.1 Å². The molecule has 0 aliphatic rings. The number of hydrogen-bond donors (Lipinski definition) is 1. The Kier molecular flexibility index (Phi) is 3.63. The molecule has 0 bridgehead atoms. The SMILES string of the molecule is CC(C)CC(=O)Cc1ncccc1O. The van der Waals surface area contributed by atoms with Crippen LogP contribution in [-0.4, -0.2) is 15.9 Å². The highest BCUT2D eigenvalue weighted by Crippen LogP contribution is 2.14. The first-order chi connectivity index (χ1) is 6.59. The maximum absolute atomic E-state index is 11.4. The molecule has 0 aliphatic carbocycles. The lowest BCUT2D eigenvalue weighted by atomic mass is 10.0. The van der Waals surface area contributed by atoms with Crippen LogP contribution in [-0.2, 0) is 11.2 Å². The molecular formula is C11H15NO2. The van der Waals surface area contributed by atoms with Crippen LogP contribution in [0, 0.1) is 5.92 Å². The number of aromatic nitrogens is 1. The summed E-state index contributed by atoms with van der Waals surface area (Å²) in [6.07, 6.45) is 2.35. The van der Waals surface area contributed by atoms with Gasteiger partial charge >= 0.3 is 0 Å². The van der Waals surface area contributed by atoms with Crippen LogP contribution in [0.1, 0.15) is 26.0 Å². The quantitative estimate of drug-likeness (QED) is 0.795. The molecule has 1 aromatic rings. The zero-order chi connectivity index (χ0) is 10.6. The van der Waals surface area contributed by atoms with Gasteiger partial charge in [-0.2, -0.15) is 0 Å². The molecule has 1 N–H and O–H groups in total. The van der Waals surface area contributed by atoms with E-state index in [0.29, 0.717) is 18.0 Å². The van der Waals surface area contributed by atoms with E-state index >= 15 is 0 Å². The molecule has 0 radical (unpaired) electrons. The maximum atomic E-state index is 11.4. The number of ketones is 1. The van der Waals surface area contributed by atoms with Crippen molar-refractivity contribution < 1.29 is 9.90 Å². The summed E-state index contributed by atoms with van der Waals surface area (Å²) in [6, 6.07) is 3.19. The Bertz CT molecular complexity index is 321. The summed E-state index contributed by atoms with van der Waals surface area (Å²) < 4.78 is 0. The zero-order valence-electron chi connectivity index (χ0n) is 8.53. The van der Waals surface area contributed by atoms with E-state index in [1.54, 1.807) is 18.3 Å². The van der Waals surface area contributed by atoms with Crippen molar-refractivity contribution in [2.24, 2.45) is 5.92 Å². The highest BCUT2D eigenvalue weighted by molar-refractivity contribution is 5.81. The molecule has 0 saturated carbocycles. The van der Waals surface area contributed by atoms with E-state index in [9.17, 15) is 9.90 Å². The molecule has 3 nitrogen and oxygen atoms in total. The number of nitrogens with zero attached hydrogens (tertiary/aromatic N) is 1. The number of Topliss-reactive ketones (excluding diaryl/α,β-unsaturated/α-hetero) is 1. The Labute approximate surface area is 83.8 Å². The average molecular weight is 193 g/mol. The van der Waals surface area contributed by atoms with Gasteiger partial charge in [0.15, 0.2) is 0 Å². The normalized spacial score (nSPS) is 10.5. The molecule has 1 rings (SSSR count). The first-order valence-corrected chi connectivity index (χ1v) is 4.74. The molecule has 0 saturated heterocycles. The Morgan fingerprint density at radius 3 is 2.86 bits per heavy atom. The molecule has 0 aliphatic heterocycles. The number of carbonyl (C=O) groups excluding carboxylic acids is 1. The number of pyridine rings is 1. The van der Waals surface area contributed by atoms with Gasteiger partial charge in [-0.3, -0.25) is 9.78 Å². The lowest BCUT2D eigenvalue weighted by Gasteiger charge is -2.04. The molecule has 0 unspecified atom stereocenters. The zero-order valence-corrected chi connectivity index (χ0v) is 8.53. The van der Waals surface area contributed by atoms with E-state index in [-0.39, 0.29) is 18.0 Å². The smallest absolute Gasteiger partial charge is 0.139 e. The van der Waals surface area contributed by atoms with Gasteiger partial charge < -0.3 is 5.11 Å². The van der Waals surface area contributed by atoms with Crippen LogP contribution in [0.3, 0.4) is 0 Å². The molecule has 1 heterocycles. The number of aromatic hydroxyl groups is 1. The van der Waals surface area contributed by atoms with Crippen molar-refractivity contribution in [1.29, 1.82) is 0 Å². The van der Waals surface area contributed by atoms with Gasteiger partial charge in [0.25, 0.3) is 0 Å². The van der Waals surface area contributed by atoms with Crippen LogP contribution in [0.5, 0.6) is 5.75 Å². The second-order valence-corrected chi connectivity index (χ2v) is 3.78. The van der Waals surface area contributed by atoms with Crippen LogP contribution in [0.15, 0.2) is 18.3 Å². The Morgan fingerprint density at radius 1 is 1.57 bits per heavy atom. The van der Waals surface area contributed by atoms with Crippen molar-refractivity contribution in [2.45, 2.75) is 26.7 Å². The van der Waals surface area contributed by atoms with E-state index in [1.807, 2.05) is 13.8 Å². The number of hydrogen-bond acceptors (Lipinski definition) is 3. The third kappa shape index (κ3) is 3.17. The molecule has 0 aromatic carbocycles. The summed E-state index contributed by atoms with van der Waals surface area (Å²) in [5.74, 6) is 0.576. The van der Waals surface area contributed by atoms with Crippen molar-refractivity contribution in [1.82, 2.24) is 4.98 Å². The predicted octanol–water partition coefficient (Wildman–Crippen LogP) is 1.94. The summed E-state index contributed by atoms with van der Waals surface area (Å²) in [4.78, 5) is 15.4. The van der Waals surface area contributed by atoms with Crippen LogP contribution in [0.25, 0.3) is 0 Å². The summed E-state index contributed by atoms with van der Waals surface area (Å²) in [6.45, 7) is 3.99. The van der Waals surface area contributed by atoms with Crippen molar-refractivity contribution in [3.8, 4) is 5.75 Å². The van der Waals surface area contributed by atoms with Gasteiger partial charge in [0.05, 0.1) is 12.1 Å². The molecule has 1 aromatic heterocycles. The van der Waals surface area contributed by atoms with E-state index < -0.39 is 0 Å². The minimum Gasteiger partial charge on any atom is -0.506 e.